The molecule has 1 aliphatic heterocycles. The number of carbonyl (C=O) groups excluding carboxylic acids is 1. The van der Waals surface area contributed by atoms with Crippen LogP contribution in [0, 0.1) is 0 Å². The maximum atomic E-state index is 13.0. The molecule has 20 heavy (non-hydrogen) atoms. The van der Waals surface area contributed by atoms with E-state index in [-0.39, 0.29) is 21.3 Å². The Kier molecular flexibility index (Phi) is 4.00. The molecular weight excluding hydrogens is 313 g/mol. The van der Waals surface area contributed by atoms with Gasteiger partial charge in [-0.15, -0.1) is 0 Å². The minimum atomic E-state index is -3.14. The van der Waals surface area contributed by atoms with Gasteiger partial charge in [0, 0.05) is 17.7 Å². The van der Waals surface area contributed by atoms with Gasteiger partial charge in [0.15, 0.2) is 0 Å². The largest absolute Gasteiger partial charge is 0.364 e. The fourth-order valence-electron chi connectivity index (χ4n) is 1.89. The number of hydrogen-bond acceptors (Lipinski definition) is 3. The summed E-state index contributed by atoms with van der Waals surface area (Å²) in [6.45, 7) is 1.45. The van der Waals surface area contributed by atoms with Crippen molar-refractivity contribution in [1.29, 1.82) is 0 Å². The smallest absolute Gasteiger partial charge is 0.287 e. The molecule has 4 nitrogen and oxygen atoms in total. The van der Waals surface area contributed by atoms with Gasteiger partial charge in [0.25, 0.3) is 12.3 Å². The van der Waals surface area contributed by atoms with Crippen LogP contribution >= 0.6 is 23.2 Å². The second-order valence-electron chi connectivity index (χ2n) is 4.44. The Bertz CT molecular complexity index is 595. The van der Waals surface area contributed by atoms with E-state index in [9.17, 15) is 18.7 Å². The average Bonchev–Trinajstić information content (AvgIpc) is 2.68. The zero-order valence-electron chi connectivity index (χ0n) is 10.3. The molecule has 1 aromatic rings. The molecule has 0 radical (unpaired) electrons. The monoisotopic (exact) mass is 322 g/mol. The molecule has 0 spiro atoms. The third kappa shape index (κ3) is 2.51. The SMILES string of the molecule is CC1=NN(C(=O)c2ccc(Cl)c(Cl)c2)[C@](O)(C(F)F)C1. The molecule has 1 atom stereocenters. The lowest BCUT2D eigenvalue weighted by Gasteiger charge is -2.30. The first-order chi connectivity index (χ1) is 9.25. The minimum absolute atomic E-state index is 0.0110. The summed E-state index contributed by atoms with van der Waals surface area (Å²) in [4.78, 5) is 12.2. The van der Waals surface area contributed by atoms with E-state index in [0.717, 1.165) is 0 Å². The Balaban J connectivity index is 2.38. The lowest BCUT2D eigenvalue weighted by molar-refractivity contribution is -0.164. The molecule has 8 heteroatoms. The molecule has 0 aliphatic carbocycles. The standard InChI is InChI=1S/C12H10Cl2F2N2O2/c1-6-5-12(20,11(15)16)18(17-6)10(19)7-2-3-8(13)9(14)4-7/h2-4,11,20H,5H2,1H3/t12-/m1/s1. The minimum Gasteiger partial charge on any atom is -0.364 e. The van der Waals surface area contributed by atoms with E-state index in [1.54, 1.807) is 0 Å². The normalized spacial score (nSPS) is 22.4. The summed E-state index contributed by atoms with van der Waals surface area (Å²) in [6.07, 6.45) is -3.55. The summed E-state index contributed by atoms with van der Waals surface area (Å²) in [5.41, 5.74) is -2.38. The van der Waals surface area contributed by atoms with E-state index in [0.29, 0.717) is 5.01 Å². The van der Waals surface area contributed by atoms with Crippen LogP contribution in [0.25, 0.3) is 0 Å². The van der Waals surface area contributed by atoms with Crippen LogP contribution in [0.4, 0.5) is 8.78 Å². The number of aliphatic hydroxyl groups is 1. The van der Waals surface area contributed by atoms with Crippen LogP contribution in [-0.2, 0) is 0 Å². The lowest BCUT2D eigenvalue weighted by Crippen LogP contribution is -2.51. The molecule has 1 N–H and O–H groups in total. The number of halogens is 4. The van der Waals surface area contributed by atoms with Crippen molar-refractivity contribution in [2.45, 2.75) is 25.5 Å². The molecule has 0 aromatic heterocycles. The Morgan fingerprint density at radius 2 is 2.10 bits per heavy atom. The van der Waals surface area contributed by atoms with Crippen molar-refractivity contribution in [1.82, 2.24) is 5.01 Å². The van der Waals surface area contributed by atoms with Crippen molar-refractivity contribution in [3.63, 3.8) is 0 Å². The Morgan fingerprint density at radius 3 is 2.65 bits per heavy atom. The topological polar surface area (TPSA) is 52.9 Å². The lowest BCUT2D eigenvalue weighted by atomic mass is 10.1. The molecule has 2 rings (SSSR count). The van der Waals surface area contributed by atoms with Crippen LogP contribution in [0.5, 0.6) is 0 Å². The molecule has 0 unspecified atom stereocenters. The summed E-state index contributed by atoms with van der Waals surface area (Å²) in [6, 6.07) is 3.93. The van der Waals surface area contributed by atoms with E-state index < -0.39 is 24.5 Å². The van der Waals surface area contributed by atoms with E-state index >= 15 is 0 Å². The summed E-state index contributed by atoms with van der Waals surface area (Å²) in [5, 5.41) is 14.4. The van der Waals surface area contributed by atoms with E-state index in [1.807, 2.05) is 0 Å². The number of hydrogen-bond donors (Lipinski definition) is 1. The van der Waals surface area contributed by atoms with Gasteiger partial charge in [0.05, 0.1) is 10.0 Å². The highest BCUT2D eigenvalue weighted by molar-refractivity contribution is 6.42. The highest BCUT2D eigenvalue weighted by Crippen LogP contribution is 2.33. The number of hydrazone groups is 1. The quantitative estimate of drug-likeness (QED) is 0.909. The van der Waals surface area contributed by atoms with Gasteiger partial charge >= 0.3 is 0 Å². The first kappa shape index (κ1) is 15.2. The van der Waals surface area contributed by atoms with E-state index in [4.69, 9.17) is 23.2 Å². The highest BCUT2D eigenvalue weighted by Gasteiger charge is 2.51. The van der Waals surface area contributed by atoms with E-state index in [2.05, 4.69) is 5.10 Å². The number of alkyl halides is 2. The van der Waals surface area contributed by atoms with Crippen LogP contribution in [0.2, 0.25) is 10.0 Å². The number of amides is 1. The summed E-state index contributed by atoms with van der Waals surface area (Å²) < 4.78 is 26.0. The van der Waals surface area contributed by atoms with Gasteiger partial charge in [0.2, 0.25) is 5.72 Å². The van der Waals surface area contributed by atoms with Gasteiger partial charge in [-0.3, -0.25) is 4.79 Å². The third-order valence-electron chi connectivity index (χ3n) is 2.86. The average molecular weight is 323 g/mol. The van der Waals surface area contributed by atoms with Gasteiger partial charge in [-0.25, -0.2) is 8.78 Å². The van der Waals surface area contributed by atoms with Crippen molar-refractivity contribution in [3.05, 3.63) is 33.8 Å². The van der Waals surface area contributed by atoms with Crippen molar-refractivity contribution < 1.29 is 18.7 Å². The van der Waals surface area contributed by atoms with Crippen molar-refractivity contribution in [3.8, 4) is 0 Å². The molecule has 1 aromatic carbocycles. The second-order valence-corrected chi connectivity index (χ2v) is 5.25. The Morgan fingerprint density at radius 1 is 1.45 bits per heavy atom. The van der Waals surface area contributed by atoms with Crippen LogP contribution in [0.3, 0.4) is 0 Å². The van der Waals surface area contributed by atoms with Crippen LogP contribution in [0.15, 0.2) is 23.3 Å². The predicted octanol–water partition coefficient (Wildman–Crippen LogP) is 3.17. The van der Waals surface area contributed by atoms with Crippen molar-refractivity contribution in [2.75, 3.05) is 0 Å². The van der Waals surface area contributed by atoms with E-state index in [1.165, 1.54) is 25.1 Å². The Labute approximate surface area is 123 Å². The van der Waals surface area contributed by atoms with Gasteiger partial charge in [-0.2, -0.15) is 10.1 Å². The van der Waals surface area contributed by atoms with Gasteiger partial charge in [-0.05, 0) is 25.1 Å². The van der Waals surface area contributed by atoms with Crippen LogP contribution < -0.4 is 0 Å². The van der Waals surface area contributed by atoms with Crippen molar-refractivity contribution >= 4 is 34.8 Å². The molecule has 1 aliphatic rings. The van der Waals surface area contributed by atoms with Gasteiger partial charge < -0.3 is 5.11 Å². The van der Waals surface area contributed by atoms with Crippen molar-refractivity contribution in [2.24, 2.45) is 5.10 Å². The molecule has 0 saturated carbocycles. The number of rotatable bonds is 2. The summed E-state index contributed by atoms with van der Waals surface area (Å²) in [5.74, 6) is -0.872. The van der Waals surface area contributed by atoms with Gasteiger partial charge in [0.1, 0.15) is 0 Å². The number of nitrogens with zero attached hydrogens (tertiary/aromatic N) is 2. The fraction of sp³-hybridized carbons (Fsp3) is 0.333. The first-order valence-corrected chi connectivity index (χ1v) is 6.35. The summed E-state index contributed by atoms with van der Waals surface area (Å²) in [7, 11) is 0. The van der Waals surface area contributed by atoms with Gasteiger partial charge in [-0.1, -0.05) is 23.2 Å². The molecule has 1 heterocycles. The molecule has 0 fully saturated rings. The Hall–Kier alpha value is -1.24. The zero-order chi connectivity index (χ0) is 15.1. The maximum Gasteiger partial charge on any atom is 0.287 e. The molecule has 0 bridgehead atoms. The maximum absolute atomic E-state index is 13.0. The molecule has 108 valence electrons. The van der Waals surface area contributed by atoms with Crippen LogP contribution in [-0.4, -0.2) is 33.9 Å². The fourth-order valence-corrected chi connectivity index (χ4v) is 2.18. The highest BCUT2D eigenvalue weighted by atomic mass is 35.5. The number of benzene rings is 1. The van der Waals surface area contributed by atoms with Crippen LogP contribution in [0.1, 0.15) is 23.7 Å². The molecule has 1 amide bonds. The molecule has 0 saturated heterocycles. The third-order valence-corrected chi connectivity index (χ3v) is 3.60. The predicted molar refractivity (Wildman–Crippen MR) is 71.3 cm³/mol. The summed E-state index contributed by atoms with van der Waals surface area (Å²) >= 11 is 11.5. The first-order valence-electron chi connectivity index (χ1n) is 5.60. The number of carbonyl (C=O) groups is 1. The second kappa shape index (κ2) is 5.27. The molecular formula is C12H10Cl2F2N2O2. The zero-order valence-corrected chi connectivity index (χ0v) is 11.8.